The molecule has 0 aliphatic heterocycles. The van der Waals surface area contributed by atoms with Gasteiger partial charge in [-0.3, -0.25) is 14.2 Å². The average molecular weight is 424 g/mol. The van der Waals surface area contributed by atoms with Crippen LogP contribution in [0.1, 0.15) is 23.4 Å². The van der Waals surface area contributed by atoms with Crippen LogP contribution >= 0.6 is 15.9 Å². The van der Waals surface area contributed by atoms with E-state index in [1.807, 2.05) is 24.4 Å². The van der Waals surface area contributed by atoms with Gasteiger partial charge in [-0.05, 0) is 46.6 Å². The normalized spacial score (nSPS) is 11.1. The Morgan fingerprint density at radius 1 is 1.35 bits per heavy atom. The number of hydrogen-bond donors (Lipinski definition) is 1. The highest BCUT2D eigenvalue weighted by Crippen LogP contribution is 2.20. The van der Waals surface area contributed by atoms with Gasteiger partial charge in [0.1, 0.15) is 12.2 Å². The molecule has 1 amide bonds. The number of carbonyl (C=O) groups excluding carboxylic acids is 1. The molecule has 0 aliphatic carbocycles. The largest absolute Gasteiger partial charge is 0.324 e. The second-order valence-electron chi connectivity index (χ2n) is 5.77. The molecule has 3 rings (SSSR count). The van der Waals surface area contributed by atoms with E-state index in [2.05, 4.69) is 31.4 Å². The monoisotopic (exact) mass is 423 g/mol. The molecule has 0 unspecified atom stereocenters. The van der Waals surface area contributed by atoms with Crippen molar-refractivity contribution in [2.45, 2.75) is 26.4 Å². The summed E-state index contributed by atoms with van der Waals surface area (Å²) in [5, 5.41) is 10.8. The SMILES string of the molecule is Cc1cc(C(F)F)n(CC(=O)Nc2cccc(Cn3cc(Br)cn3)c2)n1. The van der Waals surface area contributed by atoms with E-state index in [0.29, 0.717) is 17.9 Å². The van der Waals surface area contributed by atoms with Gasteiger partial charge in [-0.2, -0.15) is 10.2 Å². The number of halogens is 3. The van der Waals surface area contributed by atoms with Gasteiger partial charge in [0.2, 0.25) is 5.91 Å². The van der Waals surface area contributed by atoms with Gasteiger partial charge >= 0.3 is 0 Å². The molecular formula is C17H16BrF2N5O. The van der Waals surface area contributed by atoms with E-state index in [0.717, 1.165) is 14.7 Å². The maximum Gasteiger partial charge on any atom is 0.280 e. The molecular weight excluding hydrogens is 408 g/mol. The number of nitrogens with one attached hydrogen (secondary N) is 1. The highest BCUT2D eigenvalue weighted by molar-refractivity contribution is 9.10. The van der Waals surface area contributed by atoms with E-state index in [4.69, 9.17) is 0 Å². The fourth-order valence-corrected chi connectivity index (χ4v) is 2.89. The van der Waals surface area contributed by atoms with Crippen molar-refractivity contribution in [2.24, 2.45) is 0 Å². The Kier molecular flexibility index (Phi) is 5.46. The molecule has 2 aromatic heterocycles. The summed E-state index contributed by atoms with van der Waals surface area (Å²) in [5.41, 5.74) is 1.71. The first-order valence-corrected chi connectivity index (χ1v) is 8.59. The first kappa shape index (κ1) is 18.2. The molecule has 1 N–H and O–H groups in total. The molecule has 0 spiro atoms. The molecule has 0 saturated carbocycles. The molecule has 0 saturated heterocycles. The predicted molar refractivity (Wildman–Crippen MR) is 96.0 cm³/mol. The lowest BCUT2D eigenvalue weighted by Gasteiger charge is -2.09. The fraction of sp³-hybridized carbons (Fsp3) is 0.235. The number of nitrogens with zero attached hydrogens (tertiary/aromatic N) is 4. The van der Waals surface area contributed by atoms with Crippen LogP contribution in [0.5, 0.6) is 0 Å². The van der Waals surface area contributed by atoms with Gasteiger partial charge in [0.15, 0.2) is 0 Å². The third-order valence-corrected chi connectivity index (χ3v) is 4.02. The Hall–Kier alpha value is -2.55. The zero-order valence-electron chi connectivity index (χ0n) is 13.9. The van der Waals surface area contributed by atoms with Crippen molar-refractivity contribution in [2.75, 3.05) is 5.32 Å². The van der Waals surface area contributed by atoms with E-state index < -0.39 is 12.3 Å². The van der Waals surface area contributed by atoms with E-state index in [1.165, 1.54) is 6.07 Å². The summed E-state index contributed by atoms with van der Waals surface area (Å²) in [7, 11) is 0. The van der Waals surface area contributed by atoms with Gasteiger partial charge in [0, 0.05) is 11.9 Å². The summed E-state index contributed by atoms with van der Waals surface area (Å²) in [6, 6.07) is 8.56. The number of benzene rings is 1. The van der Waals surface area contributed by atoms with Crippen molar-refractivity contribution < 1.29 is 13.6 Å². The fourth-order valence-electron chi connectivity index (χ4n) is 2.56. The molecule has 6 nitrogen and oxygen atoms in total. The molecule has 2 heterocycles. The zero-order valence-corrected chi connectivity index (χ0v) is 15.5. The smallest absolute Gasteiger partial charge is 0.280 e. The Morgan fingerprint density at radius 2 is 2.15 bits per heavy atom. The minimum Gasteiger partial charge on any atom is -0.324 e. The van der Waals surface area contributed by atoms with Gasteiger partial charge in [0.05, 0.1) is 22.9 Å². The van der Waals surface area contributed by atoms with Crippen LogP contribution < -0.4 is 5.32 Å². The van der Waals surface area contributed by atoms with Crippen molar-refractivity contribution in [3.05, 3.63) is 64.1 Å². The summed E-state index contributed by atoms with van der Waals surface area (Å²) in [5.74, 6) is -0.422. The van der Waals surface area contributed by atoms with Crippen molar-refractivity contribution in [3.8, 4) is 0 Å². The number of aryl methyl sites for hydroxylation is 1. The Bertz CT molecular complexity index is 922. The van der Waals surface area contributed by atoms with Gasteiger partial charge in [-0.25, -0.2) is 8.78 Å². The first-order valence-electron chi connectivity index (χ1n) is 7.80. The highest BCUT2D eigenvalue weighted by Gasteiger charge is 2.17. The quantitative estimate of drug-likeness (QED) is 0.655. The number of hydrogen-bond acceptors (Lipinski definition) is 3. The number of rotatable bonds is 6. The van der Waals surface area contributed by atoms with Crippen molar-refractivity contribution in [1.82, 2.24) is 19.6 Å². The zero-order chi connectivity index (χ0) is 18.7. The molecule has 3 aromatic rings. The summed E-state index contributed by atoms with van der Waals surface area (Å²) in [6.45, 7) is 1.88. The van der Waals surface area contributed by atoms with Gasteiger partial charge in [0.25, 0.3) is 6.43 Å². The predicted octanol–water partition coefficient (Wildman–Crippen LogP) is 3.78. The van der Waals surface area contributed by atoms with E-state index >= 15 is 0 Å². The number of carbonyl (C=O) groups is 1. The lowest BCUT2D eigenvalue weighted by Crippen LogP contribution is -2.21. The molecule has 0 radical (unpaired) electrons. The van der Waals surface area contributed by atoms with E-state index in [-0.39, 0.29) is 12.2 Å². The van der Waals surface area contributed by atoms with Crippen LogP contribution in [0.2, 0.25) is 0 Å². The van der Waals surface area contributed by atoms with Crippen molar-refractivity contribution in [3.63, 3.8) is 0 Å². The van der Waals surface area contributed by atoms with Gasteiger partial charge in [-0.1, -0.05) is 12.1 Å². The van der Waals surface area contributed by atoms with Crippen LogP contribution in [0, 0.1) is 6.92 Å². The van der Waals surface area contributed by atoms with E-state index in [9.17, 15) is 13.6 Å². The summed E-state index contributed by atoms with van der Waals surface area (Å²) < 4.78 is 29.6. The summed E-state index contributed by atoms with van der Waals surface area (Å²) in [4.78, 5) is 12.2. The third-order valence-electron chi connectivity index (χ3n) is 3.61. The maximum atomic E-state index is 13.0. The van der Waals surface area contributed by atoms with Crippen LogP contribution in [0.3, 0.4) is 0 Å². The molecule has 9 heteroatoms. The molecule has 1 aromatic carbocycles. The third kappa shape index (κ3) is 4.54. The maximum absolute atomic E-state index is 13.0. The second kappa shape index (κ2) is 7.77. The molecule has 0 atom stereocenters. The molecule has 26 heavy (non-hydrogen) atoms. The summed E-state index contributed by atoms with van der Waals surface area (Å²) in [6.07, 6.45) is 0.857. The van der Waals surface area contributed by atoms with Crippen molar-refractivity contribution in [1.29, 1.82) is 0 Å². The Balaban J connectivity index is 1.67. The Morgan fingerprint density at radius 3 is 2.85 bits per heavy atom. The van der Waals surface area contributed by atoms with Gasteiger partial charge < -0.3 is 5.32 Å². The van der Waals surface area contributed by atoms with Gasteiger partial charge in [-0.15, -0.1) is 0 Å². The number of anilines is 1. The van der Waals surface area contributed by atoms with Crippen LogP contribution in [-0.4, -0.2) is 25.5 Å². The lowest BCUT2D eigenvalue weighted by atomic mass is 10.2. The van der Waals surface area contributed by atoms with Crippen LogP contribution in [0.25, 0.3) is 0 Å². The van der Waals surface area contributed by atoms with Crippen LogP contribution in [-0.2, 0) is 17.9 Å². The molecule has 136 valence electrons. The molecule has 0 bridgehead atoms. The first-order chi connectivity index (χ1) is 12.4. The van der Waals surface area contributed by atoms with E-state index in [1.54, 1.807) is 23.9 Å². The van der Waals surface area contributed by atoms with Crippen LogP contribution in [0.15, 0.2) is 47.2 Å². The lowest BCUT2D eigenvalue weighted by molar-refractivity contribution is -0.117. The second-order valence-corrected chi connectivity index (χ2v) is 6.69. The Labute approximate surface area is 156 Å². The highest BCUT2D eigenvalue weighted by atomic mass is 79.9. The topological polar surface area (TPSA) is 64.7 Å². The molecule has 0 fully saturated rings. The van der Waals surface area contributed by atoms with Crippen molar-refractivity contribution >= 4 is 27.5 Å². The number of amides is 1. The average Bonchev–Trinajstić information content (AvgIpc) is 3.13. The minimum atomic E-state index is -2.68. The summed E-state index contributed by atoms with van der Waals surface area (Å²) >= 11 is 3.34. The minimum absolute atomic E-state index is 0.268. The number of alkyl halides is 2. The molecule has 0 aliphatic rings. The van der Waals surface area contributed by atoms with Crippen LogP contribution in [0.4, 0.5) is 14.5 Å². The number of aromatic nitrogens is 4. The standard InChI is InChI=1S/C17H16BrF2N5O/c1-11-5-15(17(19)20)25(23-11)10-16(26)22-14-4-2-3-12(6-14)8-24-9-13(18)7-21-24/h2-7,9,17H,8,10H2,1H3,(H,22,26).